The van der Waals surface area contributed by atoms with Crippen molar-refractivity contribution in [2.24, 2.45) is 5.92 Å². The second kappa shape index (κ2) is 3.57. The average molecular weight is 198 g/mol. The monoisotopic (exact) mass is 198 g/mol. The van der Waals surface area contributed by atoms with Crippen molar-refractivity contribution in [3.05, 3.63) is 20.8 Å². The van der Waals surface area contributed by atoms with E-state index in [1.54, 1.807) is 0 Å². The Balaban J connectivity index is 3.38. The molecule has 1 heterocycles. The minimum absolute atomic E-state index is 0.0694. The summed E-state index contributed by atoms with van der Waals surface area (Å²) in [6.45, 7) is 4.13. The third kappa shape index (κ3) is 1.78. The van der Waals surface area contributed by atoms with Gasteiger partial charge in [-0.05, 0) is 5.92 Å². The highest BCUT2D eigenvalue weighted by molar-refractivity contribution is 5.55. The van der Waals surface area contributed by atoms with Crippen molar-refractivity contribution < 1.29 is 0 Å². The number of nitrogens with zero attached hydrogens (tertiary/aromatic N) is 1. The van der Waals surface area contributed by atoms with Gasteiger partial charge in [0, 0.05) is 6.54 Å². The van der Waals surface area contributed by atoms with Gasteiger partial charge in [0.15, 0.2) is 0 Å². The molecule has 0 atom stereocenters. The van der Waals surface area contributed by atoms with Gasteiger partial charge in [-0.15, -0.1) is 0 Å². The van der Waals surface area contributed by atoms with Gasteiger partial charge in [0.25, 0.3) is 5.56 Å². The van der Waals surface area contributed by atoms with Crippen molar-refractivity contribution in [1.82, 2.24) is 9.55 Å². The van der Waals surface area contributed by atoms with Gasteiger partial charge >= 0.3 is 5.69 Å². The van der Waals surface area contributed by atoms with Crippen LogP contribution in [0.15, 0.2) is 9.59 Å². The fraction of sp³-hybridized carbons (Fsp3) is 0.500. The van der Waals surface area contributed by atoms with Gasteiger partial charge in [0.2, 0.25) is 0 Å². The van der Waals surface area contributed by atoms with Crippen LogP contribution in [-0.4, -0.2) is 9.55 Å². The molecule has 0 amide bonds. The summed E-state index contributed by atoms with van der Waals surface area (Å²) in [5.74, 6) is 0.122. The van der Waals surface area contributed by atoms with Crippen LogP contribution >= 0.6 is 0 Å². The molecular weight excluding hydrogens is 184 g/mol. The summed E-state index contributed by atoms with van der Waals surface area (Å²) in [6.07, 6.45) is 0. The van der Waals surface area contributed by atoms with Gasteiger partial charge in [-0.2, -0.15) is 0 Å². The van der Waals surface area contributed by atoms with Crippen LogP contribution in [0.25, 0.3) is 0 Å². The van der Waals surface area contributed by atoms with E-state index in [4.69, 9.17) is 11.5 Å². The molecule has 5 N–H and O–H groups in total. The minimum atomic E-state index is -0.528. The Kier molecular flexibility index (Phi) is 2.64. The van der Waals surface area contributed by atoms with Gasteiger partial charge in [0.1, 0.15) is 11.5 Å². The molecule has 0 aliphatic heterocycles. The lowest BCUT2D eigenvalue weighted by atomic mass is 10.2. The number of anilines is 2. The molecule has 1 aromatic heterocycles. The molecule has 1 rings (SSSR count). The molecule has 1 aromatic rings. The van der Waals surface area contributed by atoms with Crippen molar-refractivity contribution in [1.29, 1.82) is 0 Å². The Bertz CT molecular complexity index is 444. The molecule has 0 radical (unpaired) electrons. The highest BCUT2D eigenvalue weighted by Crippen LogP contribution is 2.00. The SMILES string of the molecule is CC(C)Cn1c(=O)[nH]c(N)c(N)c1=O. The van der Waals surface area contributed by atoms with Crippen LogP contribution < -0.4 is 22.7 Å². The zero-order valence-corrected chi connectivity index (χ0v) is 8.20. The van der Waals surface area contributed by atoms with Gasteiger partial charge in [-0.1, -0.05) is 13.8 Å². The molecule has 0 unspecified atom stereocenters. The van der Waals surface area contributed by atoms with E-state index in [1.165, 1.54) is 0 Å². The smallest absolute Gasteiger partial charge is 0.330 e. The van der Waals surface area contributed by atoms with E-state index in [0.717, 1.165) is 4.57 Å². The van der Waals surface area contributed by atoms with Crippen LogP contribution in [0.2, 0.25) is 0 Å². The Morgan fingerprint density at radius 3 is 2.43 bits per heavy atom. The van der Waals surface area contributed by atoms with E-state index in [2.05, 4.69) is 4.98 Å². The van der Waals surface area contributed by atoms with E-state index >= 15 is 0 Å². The fourth-order valence-corrected chi connectivity index (χ4v) is 1.13. The summed E-state index contributed by atoms with van der Waals surface area (Å²) in [7, 11) is 0. The molecule has 0 aromatic carbocycles. The second-order valence-electron chi connectivity index (χ2n) is 3.57. The summed E-state index contributed by atoms with van der Waals surface area (Å²) in [5.41, 5.74) is 9.57. The van der Waals surface area contributed by atoms with Gasteiger partial charge in [-0.25, -0.2) is 4.79 Å². The molecule has 0 aliphatic carbocycles. The fourth-order valence-electron chi connectivity index (χ4n) is 1.13. The third-order valence-electron chi connectivity index (χ3n) is 1.80. The number of H-pyrrole nitrogens is 1. The number of hydrogen-bond donors (Lipinski definition) is 3. The van der Waals surface area contributed by atoms with Crippen molar-refractivity contribution in [3.8, 4) is 0 Å². The van der Waals surface area contributed by atoms with Crippen LogP contribution in [0.4, 0.5) is 11.5 Å². The second-order valence-corrected chi connectivity index (χ2v) is 3.57. The molecule has 0 bridgehead atoms. The summed E-state index contributed by atoms with van der Waals surface area (Å²) in [6, 6.07) is 0. The van der Waals surface area contributed by atoms with Crippen LogP contribution in [0.1, 0.15) is 13.8 Å². The lowest BCUT2D eigenvalue weighted by Crippen LogP contribution is -2.38. The molecule has 0 saturated heterocycles. The molecule has 78 valence electrons. The Hall–Kier alpha value is -1.72. The summed E-state index contributed by atoms with van der Waals surface area (Å²) < 4.78 is 1.05. The van der Waals surface area contributed by atoms with Gasteiger partial charge in [0.05, 0.1) is 0 Å². The Morgan fingerprint density at radius 1 is 1.36 bits per heavy atom. The quantitative estimate of drug-likeness (QED) is 0.587. The van der Waals surface area contributed by atoms with Crippen molar-refractivity contribution in [3.63, 3.8) is 0 Å². The predicted molar refractivity (Wildman–Crippen MR) is 55.0 cm³/mol. The van der Waals surface area contributed by atoms with E-state index < -0.39 is 11.2 Å². The standard InChI is InChI=1S/C8H14N4O2/c1-4(2)3-12-7(13)5(9)6(10)11-8(12)14/h4H,3,9-10H2,1-2H3,(H,11,14). The summed E-state index contributed by atoms with van der Waals surface area (Å²) in [5, 5.41) is 0. The zero-order chi connectivity index (χ0) is 10.9. The maximum absolute atomic E-state index is 11.5. The van der Waals surface area contributed by atoms with Crippen LogP contribution in [0.3, 0.4) is 0 Å². The number of nitrogens with one attached hydrogen (secondary N) is 1. The third-order valence-corrected chi connectivity index (χ3v) is 1.80. The van der Waals surface area contributed by atoms with E-state index in [-0.39, 0.29) is 17.4 Å². The first-order valence-corrected chi connectivity index (χ1v) is 4.31. The predicted octanol–water partition coefficient (Wildman–Crippen LogP) is -0.643. The number of rotatable bonds is 2. The average Bonchev–Trinajstić information content (AvgIpc) is 2.09. The highest BCUT2D eigenvalue weighted by Gasteiger charge is 2.09. The first kappa shape index (κ1) is 10.4. The Morgan fingerprint density at radius 2 is 1.93 bits per heavy atom. The maximum Gasteiger partial charge on any atom is 0.330 e. The normalized spacial score (nSPS) is 10.8. The largest absolute Gasteiger partial charge is 0.391 e. The molecule has 0 fully saturated rings. The van der Waals surface area contributed by atoms with Crippen LogP contribution in [0, 0.1) is 5.92 Å². The first-order valence-electron chi connectivity index (χ1n) is 4.31. The Labute approximate surface area is 80.5 Å². The molecule has 14 heavy (non-hydrogen) atoms. The van der Waals surface area contributed by atoms with Crippen LogP contribution in [-0.2, 0) is 6.54 Å². The van der Waals surface area contributed by atoms with E-state index in [1.807, 2.05) is 13.8 Å². The van der Waals surface area contributed by atoms with Gasteiger partial charge < -0.3 is 11.5 Å². The van der Waals surface area contributed by atoms with Crippen LogP contribution in [0.5, 0.6) is 0 Å². The summed E-state index contributed by atoms with van der Waals surface area (Å²) >= 11 is 0. The number of nitrogen functional groups attached to an aromatic ring is 2. The molecule has 0 saturated carbocycles. The number of nitrogens with two attached hydrogens (primary N) is 2. The summed E-state index contributed by atoms with van der Waals surface area (Å²) in [4.78, 5) is 25.1. The number of aromatic nitrogens is 2. The lowest BCUT2D eigenvalue weighted by Gasteiger charge is -2.08. The molecular formula is C8H14N4O2. The topological polar surface area (TPSA) is 107 Å². The number of hydrogen-bond acceptors (Lipinski definition) is 4. The molecule has 6 heteroatoms. The maximum atomic E-state index is 11.5. The highest BCUT2D eigenvalue weighted by atomic mass is 16.2. The van der Waals surface area contributed by atoms with Gasteiger partial charge in [-0.3, -0.25) is 14.3 Å². The van der Waals surface area contributed by atoms with E-state index in [9.17, 15) is 9.59 Å². The first-order chi connectivity index (χ1) is 6.43. The number of aromatic amines is 1. The molecule has 0 spiro atoms. The lowest BCUT2D eigenvalue weighted by molar-refractivity contribution is 0.494. The molecule has 6 nitrogen and oxygen atoms in total. The minimum Gasteiger partial charge on any atom is -0.391 e. The van der Waals surface area contributed by atoms with E-state index in [0.29, 0.717) is 6.54 Å². The van der Waals surface area contributed by atoms with Crippen molar-refractivity contribution in [2.45, 2.75) is 20.4 Å². The van der Waals surface area contributed by atoms with Crippen molar-refractivity contribution in [2.75, 3.05) is 11.5 Å². The molecule has 0 aliphatic rings. The van der Waals surface area contributed by atoms with Crippen molar-refractivity contribution >= 4 is 11.5 Å². The zero-order valence-electron chi connectivity index (χ0n) is 8.20.